The van der Waals surface area contributed by atoms with Gasteiger partial charge in [-0.3, -0.25) is 4.79 Å². The number of carbonyl (C=O) groups is 1. The second kappa shape index (κ2) is 7.50. The molecule has 0 unspecified atom stereocenters. The number of likely N-dealkylation sites (N-methyl/N-ethyl adjacent to an activating group) is 2. The van der Waals surface area contributed by atoms with Crippen molar-refractivity contribution in [2.75, 3.05) is 40.4 Å². The van der Waals surface area contributed by atoms with Crippen LogP contribution >= 0.6 is 0 Å². The van der Waals surface area contributed by atoms with Gasteiger partial charge in [-0.25, -0.2) is 0 Å². The van der Waals surface area contributed by atoms with E-state index in [1.54, 1.807) is 11.9 Å². The number of carbonyl (C=O) groups excluding carboxylic acids is 1. The minimum atomic E-state index is 0.608. The molecule has 0 saturated carbocycles. The molecule has 66 valence electrons. The highest BCUT2D eigenvalue weighted by atomic mass is 16.5. The van der Waals surface area contributed by atoms with E-state index in [-0.39, 0.29) is 0 Å². The van der Waals surface area contributed by atoms with Crippen LogP contribution < -0.4 is 5.32 Å². The van der Waals surface area contributed by atoms with Crippen LogP contribution in [-0.2, 0) is 9.53 Å². The molecule has 0 saturated heterocycles. The molecule has 0 aliphatic heterocycles. The maximum absolute atomic E-state index is 10.1. The quantitative estimate of drug-likeness (QED) is 0.396. The van der Waals surface area contributed by atoms with Gasteiger partial charge in [0.1, 0.15) is 0 Å². The van der Waals surface area contributed by atoms with Crippen LogP contribution in [0.1, 0.15) is 0 Å². The largest absolute Gasteiger partial charge is 0.378 e. The highest BCUT2D eigenvalue weighted by Crippen LogP contribution is 1.77. The highest BCUT2D eigenvalue weighted by molar-refractivity contribution is 5.46. The molecule has 0 heterocycles. The summed E-state index contributed by atoms with van der Waals surface area (Å²) < 4.78 is 5.18. The molecule has 0 rings (SSSR count). The average molecular weight is 160 g/mol. The Kier molecular flexibility index (Phi) is 7.08. The number of nitrogens with one attached hydrogen (secondary N) is 1. The predicted molar refractivity (Wildman–Crippen MR) is 43.4 cm³/mol. The van der Waals surface area contributed by atoms with Crippen LogP contribution in [0, 0.1) is 0 Å². The standard InChI is InChI=1S/C7H16N2O2/c1-8-3-5-11-6-4-9(2)7-10/h7-8H,3-6H2,1-2H3. The van der Waals surface area contributed by atoms with E-state index in [1.165, 1.54) is 0 Å². The van der Waals surface area contributed by atoms with Crippen molar-refractivity contribution < 1.29 is 9.53 Å². The van der Waals surface area contributed by atoms with E-state index in [9.17, 15) is 4.79 Å². The molecular weight excluding hydrogens is 144 g/mol. The van der Waals surface area contributed by atoms with Crippen molar-refractivity contribution in [3.8, 4) is 0 Å². The van der Waals surface area contributed by atoms with Gasteiger partial charge in [-0.1, -0.05) is 0 Å². The maximum atomic E-state index is 10.1. The van der Waals surface area contributed by atoms with Crippen molar-refractivity contribution in [2.45, 2.75) is 0 Å². The molecule has 0 atom stereocenters. The molecule has 0 spiro atoms. The summed E-state index contributed by atoms with van der Waals surface area (Å²) >= 11 is 0. The molecule has 4 heteroatoms. The van der Waals surface area contributed by atoms with Gasteiger partial charge in [-0.15, -0.1) is 0 Å². The fourth-order valence-corrected chi connectivity index (χ4v) is 0.538. The summed E-state index contributed by atoms with van der Waals surface area (Å²) in [6, 6.07) is 0. The molecule has 0 aliphatic carbocycles. The third-order valence-electron chi connectivity index (χ3n) is 1.26. The Balaban J connectivity index is 2.95. The Morgan fingerprint density at radius 1 is 1.55 bits per heavy atom. The number of hydrogen-bond donors (Lipinski definition) is 1. The number of amides is 1. The SMILES string of the molecule is CNCCOCCN(C)C=O. The van der Waals surface area contributed by atoms with Crippen LogP contribution in [0.25, 0.3) is 0 Å². The van der Waals surface area contributed by atoms with Gasteiger partial charge in [0.2, 0.25) is 6.41 Å². The summed E-state index contributed by atoms with van der Waals surface area (Å²) in [5.74, 6) is 0. The number of ether oxygens (including phenoxy) is 1. The van der Waals surface area contributed by atoms with Crippen LogP contribution in [0.2, 0.25) is 0 Å². The summed E-state index contributed by atoms with van der Waals surface area (Å²) in [5, 5.41) is 2.96. The molecular formula is C7H16N2O2. The van der Waals surface area contributed by atoms with Crippen molar-refractivity contribution >= 4 is 6.41 Å². The zero-order chi connectivity index (χ0) is 8.53. The normalized spacial score (nSPS) is 9.64. The van der Waals surface area contributed by atoms with Crippen molar-refractivity contribution in [3.63, 3.8) is 0 Å². The molecule has 4 nitrogen and oxygen atoms in total. The van der Waals surface area contributed by atoms with Crippen LogP contribution in [0.5, 0.6) is 0 Å². The Hall–Kier alpha value is -0.610. The van der Waals surface area contributed by atoms with Crippen molar-refractivity contribution in [3.05, 3.63) is 0 Å². The van der Waals surface area contributed by atoms with Gasteiger partial charge in [0, 0.05) is 20.1 Å². The third kappa shape index (κ3) is 7.29. The van der Waals surface area contributed by atoms with Gasteiger partial charge in [-0.2, -0.15) is 0 Å². The first-order valence-corrected chi connectivity index (χ1v) is 3.69. The smallest absolute Gasteiger partial charge is 0.209 e. The van der Waals surface area contributed by atoms with Gasteiger partial charge in [0.05, 0.1) is 13.2 Å². The predicted octanol–water partition coefficient (Wildman–Crippen LogP) is -0.689. The lowest BCUT2D eigenvalue weighted by atomic mass is 10.6. The molecule has 0 aromatic rings. The van der Waals surface area contributed by atoms with E-state index >= 15 is 0 Å². The monoisotopic (exact) mass is 160 g/mol. The minimum absolute atomic E-state index is 0.608. The fraction of sp³-hybridized carbons (Fsp3) is 0.857. The summed E-state index contributed by atoms with van der Waals surface area (Å²) in [6.07, 6.45) is 0.793. The summed E-state index contributed by atoms with van der Waals surface area (Å²) in [4.78, 5) is 11.6. The Labute approximate surface area is 67.5 Å². The second-order valence-corrected chi connectivity index (χ2v) is 2.30. The lowest BCUT2D eigenvalue weighted by molar-refractivity contribution is -0.117. The Morgan fingerprint density at radius 2 is 2.27 bits per heavy atom. The average Bonchev–Trinajstić information content (AvgIpc) is 2.04. The lowest BCUT2D eigenvalue weighted by Gasteiger charge is -2.09. The van der Waals surface area contributed by atoms with Gasteiger partial charge in [0.25, 0.3) is 0 Å². The molecule has 0 bridgehead atoms. The molecule has 11 heavy (non-hydrogen) atoms. The van der Waals surface area contributed by atoms with Crippen molar-refractivity contribution in [2.24, 2.45) is 0 Å². The maximum Gasteiger partial charge on any atom is 0.209 e. The summed E-state index contributed by atoms with van der Waals surface area (Å²) in [5.41, 5.74) is 0. The molecule has 1 amide bonds. The van der Waals surface area contributed by atoms with Gasteiger partial charge in [-0.05, 0) is 7.05 Å². The lowest BCUT2D eigenvalue weighted by Crippen LogP contribution is -2.23. The third-order valence-corrected chi connectivity index (χ3v) is 1.26. The molecule has 0 aliphatic rings. The van der Waals surface area contributed by atoms with E-state index in [1.807, 2.05) is 7.05 Å². The van der Waals surface area contributed by atoms with E-state index in [4.69, 9.17) is 4.74 Å². The fourth-order valence-electron chi connectivity index (χ4n) is 0.538. The zero-order valence-corrected chi connectivity index (χ0v) is 7.17. The van der Waals surface area contributed by atoms with E-state index in [2.05, 4.69) is 5.32 Å². The van der Waals surface area contributed by atoms with Gasteiger partial charge in [0.15, 0.2) is 0 Å². The molecule has 1 N–H and O–H groups in total. The minimum Gasteiger partial charge on any atom is -0.378 e. The Morgan fingerprint density at radius 3 is 2.82 bits per heavy atom. The molecule has 0 fully saturated rings. The molecule has 0 aromatic carbocycles. The Bertz CT molecular complexity index is 98.4. The number of hydrogen-bond acceptors (Lipinski definition) is 3. The van der Waals surface area contributed by atoms with Crippen LogP contribution in [-0.4, -0.2) is 51.7 Å². The molecule has 0 aromatic heterocycles. The first kappa shape index (κ1) is 10.4. The summed E-state index contributed by atoms with van der Waals surface area (Å²) in [6.45, 7) is 2.82. The van der Waals surface area contributed by atoms with Crippen LogP contribution in [0.3, 0.4) is 0 Å². The zero-order valence-electron chi connectivity index (χ0n) is 7.17. The van der Waals surface area contributed by atoms with Crippen LogP contribution in [0.4, 0.5) is 0 Å². The van der Waals surface area contributed by atoms with Crippen LogP contribution in [0.15, 0.2) is 0 Å². The second-order valence-electron chi connectivity index (χ2n) is 2.30. The number of nitrogens with zero attached hydrogens (tertiary/aromatic N) is 1. The van der Waals surface area contributed by atoms with Gasteiger partial charge >= 0.3 is 0 Å². The van der Waals surface area contributed by atoms with Gasteiger partial charge < -0.3 is 15.0 Å². The highest BCUT2D eigenvalue weighted by Gasteiger charge is 1.91. The summed E-state index contributed by atoms with van der Waals surface area (Å²) in [7, 11) is 3.61. The molecule has 0 radical (unpaired) electrons. The van der Waals surface area contributed by atoms with E-state index in [0.29, 0.717) is 19.8 Å². The van der Waals surface area contributed by atoms with Crippen molar-refractivity contribution in [1.82, 2.24) is 10.2 Å². The van der Waals surface area contributed by atoms with Crippen molar-refractivity contribution in [1.29, 1.82) is 0 Å². The number of rotatable bonds is 7. The van der Waals surface area contributed by atoms with E-state index < -0.39 is 0 Å². The van der Waals surface area contributed by atoms with E-state index in [0.717, 1.165) is 13.0 Å². The topological polar surface area (TPSA) is 41.6 Å². The first-order chi connectivity index (χ1) is 5.31. The first-order valence-electron chi connectivity index (χ1n) is 3.69.